The highest BCUT2D eigenvalue weighted by Gasteiger charge is 2.29. The number of thiophene rings is 1. The minimum Gasteiger partial charge on any atom is -0.367 e. The first-order valence-corrected chi connectivity index (χ1v) is 12.3. The number of fused-ring (bicyclic) bond motifs is 1. The summed E-state index contributed by atoms with van der Waals surface area (Å²) in [7, 11) is -3.48. The zero-order chi connectivity index (χ0) is 20.4. The van der Waals surface area contributed by atoms with Crippen LogP contribution in [0.15, 0.2) is 40.7 Å². The Labute approximate surface area is 180 Å². The molecule has 29 heavy (non-hydrogen) atoms. The van der Waals surface area contributed by atoms with Crippen molar-refractivity contribution in [2.75, 3.05) is 44.2 Å². The number of sulfonamides is 1. The van der Waals surface area contributed by atoms with E-state index in [1.54, 1.807) is 24.4 Å². The molecular weight excluding hydrogens is 433 g/mol. The molecule has 5 nitrogen and oxygen atoms in total. The molecule has 0 bridgehead atoms. The molecule has 3 heterocycles. The van der Waals surface area contributed by atoms with Gasteiger partial charge in [0.25, 0.3) is 10.0 Å². The number of unbranched alkanes of at least 4 members (excludes halogenated alkanes) is 1. The molecule has 1 fully saturated rings. The van der Waals surface area contributed by atoms with Crippen LogP contribution in [0.25, 0.3) is 6.08 Å². The van der Waals surface area contributed by atoms with Gasteiger partial charge < -0.3 is 4.90 Å². The van der Waals surface area contributed by atoms with Gasteiger partial charge in [0.2, 0.25) is 0 Å². The lowest BCUT2D eigenvalue weighted by atomic mass is 10.2. The van der Waals surface area contributed by atoms with E-state index in [1.165, 1.54) is 10.4 Å². The monoisotopic (exact) mass is 455 g/mol. The van der Waals surface area contributed by atoms with Crippen LogP contribution in [0.5, 0.6) is 0 Å². The Balaban J connectivity index is 1.22. The van der Waals surface area contributed by atoms with Gasteiger partial charge in [-0.3, -0.25) is 9.21 Å². The summed E-state index contributed by atoms with van der Waals surface area (Å²) in [6.45, 7) is 4.74. The molecule has 0 spiro atoms. The maximum Gasteiger partial charge on any atom is 0.273 e. The zero-order valence-corrected chi connectivity index (χ0v) is 18.3. The number of halogens is 2. The Morgan fingerprint density at radius 2 is 1.79 bits per heavy atom. The standard InChI is InChI=1S/C20H23ClFN3O2S2/c21-19-15-16-7-10-25(29(26,27)20(16)28-19)9-4-3-8-23-11-13-24(14-12-23)18-6-2-1-5-17(18)22/h1-2,5-7,10,15H,3-4,8-9,11-14H2. The zero-order valence-electron chi connectivity index (χ0n) is 15.9. The van der Waals surface area contributed by atoms with E-state index in [1.807, 2.05) is 12.1 Å². The second kappa shape index (κ2) is 8.63. The number of hydrogen-bond acceptors (Lipinski definition) is 5. The first-order valence-electron chi connectivity index (χ1n) is 9.66. The number of para-hydroxylation sites is 1. The third kappa shape index (κ3) is 4.45. The smallest absolute Gasteiger partial charge is 0.273 e. The van der Waals surface area contributed by atoms with E-state index in [-0.39, 0.29) is 5.82 Å². The van der Waals surface area contributed by atoms with Gasteiger partial charge in [0.1, 0.15) is 10.0 Å². The summed E-state index contributed by atoms with van der Waals surface area (Å²) < 4.78 is 41.5. The van der Waals surface area contributed by atoms with Gasteiger partial charge in [0.15, 0.2) is 0 Å². The molecule has 0 amide bonds. The molecule has 0 N–H and O–H groups in total. The van der Waals surface area contributed by atoms with Crippen LogP contribution < -0.4 is 4.90 Å². The Bertz CT molecular complexity index is 1000. The van der Waals surface area contributed by atoms with Crippen LogP contribution in [0.4, 0.5) is 10.1 Å². The number of nitrogens with zero attached hydrogens (tertiary/aromatic N) is 3. The minimum atomic E-state index is -3.48. The van der Waals surface area contributed by atoms with Crippen molar-refractivity contribution in [3.8, 4) is 0 Å². The summed E-state index contributed by atoms with van der Waals surface area (Å²) in [4.78, 5) is 4.44. The average molecular weight is 456 g/mol. The fraction of sp³-hybridized carbons (Fsp3) is 0.400. The third-order valence-electron chi connectivity index (χ3n) is 5.33. The molecule has 156 valence electrons. The molecule has 4 rings (SSSR count). The Morgan fingerprint density at radius 1 is 1.07 bits per heavy atom. The summed E-state index contributed by atoms with van der Waals surface area (Å²) in [5.41, 5.74) is 1.34. The topological polar surface area (TPSA) is 43.9 Å². The van der Waals surface area contributed by atoms with E-state index in [0.29, 0.717) is 26.3 Å². The number of rotatable bonds is 6. The van der Waals surface area contributed by atoms with Crippen molar-refractivity contribution >= 4 is 44.7 Å². The predicted octanol–water partition coefficient (Wildman–Crippen LogP) is 4.12. The molecule has 2 aromatic rings. The van der Waals surface area contributed by atoms with Gasteiger partial charge in [-0.15, -0.1) is 11.3 Å². The Morgan fingerprint density at radius 3 is 2.55 bits per heavy atom. The molecule has 0 atom stereocenters. The molecule has 2 aliphatic heterocycles. The van der Waals surface area contributed by atoms with Crippen LogP contribution in [0, 0.1) is 5.82 Å². The van der Waals surface area contributed by atoms with E-state index < -0.39 is 10.0 Å². The van der Waals surface area contributed by atoms with Gasteiger partial charge in [-0.05, 0) is 43.7 Å². The van der Waals surface area contributed by atoms with Crippen molar-refractivity contribution in [1.29, 1.82) is 0 Å². The van der Waals surface area contributed by atoms with Crippen molar-refractivity contribution in [3.05, 3.63) is 52.2 Å². The van der Waals surface area contributed by atoms with Gasteiger partial charge in [-0.25, -0.2) is 12.8 Å². The van der Waals surface area contributed by atoms with Crippen molar-refractivity contribution in [2.45, 2.75) is 17.1 Å². The number of piperazine rings is 1. The first kappa shape index (κ1) is 20.7. The van der Waals surface area contributed by atoms with Crippen molar-refractivity contribution in [1.82, 2.24) is 9.21 Å². The normalized spacial score (nSPS) is 18.8. The van der Waals surface area contributed by atoms with Crippen LogP contribution in [-0.4, -0.2) is 56.9 Å². The number of benzene rings is 1. The third-order valence-corrected chi connectivity index (χ3v) is 8.91. The highest BCUT2D eigenvalue weighted by molar-refractivity contribution is 7.91. The Hall–Kier alpha value is -1.61. The van der Waals surface area contributed by atoms with E-state index in [4.69, 9.17) is 11.6 Å². The summed E-state index contributed by atoms with van der Waals surface area (Å²) in [5, 5.41) is 0. The molecule has 0 saturated carbocycles. The van der Waals surface area contributed by atoms with Crippen molar-refractivity contribution < 1.29 is 12.8 Å². The minimum absolute atomic E-state index is 0.174. The SMILES string of the molecule is O=S1(=O)c2sc(Cl)cc2C=CN1CCCCN1CCN(c2ccccc2F)CC1. The van der Waals surface area contributed by atoms with Crippen LogP contribution >= 0.6 is 22.9 Å². The number of hydrogen-bond donors (Lipinski definition) is 0. The van der Waals surface area contributed by atoms with Crippen LogP contribution in [-0.2, 0) is 10.0 Å². The maximum atomic E-state index is 13.9. The Kier molecular flexibility index (Phi) is 6.15. The lowest BCUT2D eigenvalue weighted by Gasteiger charge is -2.36. The fourth-order valence-electron chi connectivity index (χ4n) is 3.74. The van der Waals surface area contributed by atoms with Crippen LogP contribution in [0.1, 0.15) is 18.4 Å². The lowest BCUT2D eigenvalue weighted by molar-refractivity contribution is 0.250. The highest BCUT2D eigenvalue weighted by atomic mass is 35.5. The van der Waals surface area contributed by atoms with Crippen molar-refractivity contribution in [2.24, 2.45) is 0 Å². The summed E-state index contributed by atoms with van der Waals surface area (Å²) >= 11 is 7.08. The largest absolute Gasteiger partial charge is 0.367 e. The maximum absolute atomic E-state index is 13.9. The van der Waals surface area contributed by atoms with Gasteiger partial charge in [-0.2, -0.15) is 0 Å². The molecular formula is C20H23ClFN3O2S2. The first-order chi connectivity index (χ1) is 13.9. The molecule has 1 aromatic heterocycles. The van der Waals surface area contributed by atoms with Gasteiger partial charge in [-0.1, -0.05) is 23.7 Å². The quantitative estimate of drug-likeness (QED) is 0.614. The molecule has 2 aliphatic rings. The van der Waals surface area contributed by atoms with E-state index >= 15 is 0 Å². The molecule has 9 heteroatoms. The second-order valence-electron chi connectivity index (χ2n) is 7.21. The number of anilines is 1. The van der Waals surface area contributed by atoms with Gasteiger partial charge in [0, 0.05) is 44.5 Å². The fourth-order valence-corrected chi connectivity index (χ4v) is 7.04. The predicted molar refractivity (Wildman–Crippen MR) is 117 cm³/mol. The summed E-state index contributed by atoms with van der Waals surface area (Å²) in [5.74, 6) is -0.174. The van der Waals surface area contributed by atoms with Crippen LogP contribution in [0.3, 0.4) is 0 Å². The average Bonchev–Trinajstić information content (AvgIpc) is 3.10. The molecule has 0 aliphatic carbocycles. The van der Waals surface area contributed by atoms with Gasteiger partial charge in [0.05, 0.1) is 10.0 Å². The molecule has 0 unspecified atom stereocenters. The van der Waals surface area contributed by atoms with E-state index in [2.05, 4.69) is 9.80 Å². The second-order valence-corrected chi connectivity index (χ2v) is 11.0. The lowest BCUT2D eigenvalue weighted by Crippen LogP contribution is -2.47. The van der Waals surface area contributed by atoms with E-state index in [0.717, 1.165) is 56.9 Å². The molecule has 1 aromatic carbocycles. The van der Waals surface area contributed by atoms with Crippen molar-refractivity contribution in [3.63, 3.8) is 0 Å². The molecule has 1 saturated heterocycles. The molecule has 0 radical (unpaired) electrons. The van der Waals surface area contributed by atoms with Gasteiger partial charge >= 0.3 is 0 Å². The highest BCUT2D eigenvalue weighted by Crippen LogP contribution is 2.36. The van der Waals surface area contributed by atoms with E-state index in [9.17, 15) is 12.8 Å². The summed E-state index contributed by atoms with van der Waals surface area (Å²) in [6.07, 6.45) is 5.14. The van der Waals surface area contributed by atoms with Crippen LogP contribution in [0.2, 0.25) is 4.34 Å². The summed E-state index contributed by atoms with van der Waals surface area (Å²) in [6, 6.07) is 8.58.